The second-order valence-electron chi connectivity index (χ2n) is 8.09. The second kappa shape index (κ2) is 11.2. The van der Waals surface area contributed by atoms with Crippen LogP contribution in [0.4, 0.5) is 5.13 Å². The molecule has 9 heteroatoms. The van der Waals surface area contributed by atoms with Crippen molar-refractivity contribution < 1.29 is 29.0 Å². The Bertz CT molecular complexity index is 1390. The predicted molar refractivity (Wildman–Crippen MR) is 141 cm³/mol. The van der Waals surface area contributed by atoms with Crippen LogP contribution in [0.15, 0.2) is 72.0 Å². The van der Waals surface area contributed by atoms with Gasteiger partial charge in [-0.05, 0) is 50.1 Å². The number of carbonyl (C=O) groups excluding carboxylic acids is 3. The summed E-state index contributed by atoms with van der Waals surface area (Å²) in [6.07, 6.45) is 2.95. The van der Waals surface area contributed by atoms with E-state index in [-0.39, 0.29) is 22.2 Å². The number of anilines is 1. The van der Waals surface area contributed by atoms with Crippen molar-refractivity contribution in [3.63, 3.8) is 0 Å². The number of amides is 1. The van der Waals surface area contributed by atoms with E-state index in [0.717, 1.165) is 16.9 Å². The Hall–Kier alpha value is -4.24. The van der Waals surface area contributed by atoms with E-state index in [1.165, 1.54) is 11.0 Å². The fraction of sp³-hybridized carbons (Fsp3) is 0.214. The van der Waals surface area contributed by atoms with Crippen molar-refractivity contribution in [2.75, 3.05) is 18.1 Å². The molecule has 0 fully saturated rings. The third-order valence-electron chi connectivity index (χ3n) is 5.64. The Labute approximate surface area is 218 Å². The van der Waals surface area contributed by atoms with Gasteiger partial charge in [0, 0.05) is 0 Å². The highest BCUT2D eigenvalue weighted by molar-refractivity contribution is 7.17. The van der Waals surface area contributed by atoms with Crippen LogP contribution in [-0.4, -0.2) is 41.0 Å². The normalized spacial score (nSPS) is 15.5. The number of aliphatic hydroxyl groups is 1. The molecule has 0 bridgehead atoms. The van der Waals surface area contributed by atoms with Gasteiger partial charge in [0.15, 0.2) is 16.7 Å². The van der Waals surface area contributed by atoms with Crippen LogP contribution in [0.2, 0.25) is 0 Å². The molecule has 8 nitrogen and oxygen atoms in total. The molecule has 1 aliphatic rings. The lowest BCUT2D eigenvalue weighted by molar-refractivity contribution is -0.117. The highest BCUT2D eigenvalue weighted by atomic mass is 32.1. The summed E-state index contributed by atoms with van der Waals surface area (Å²) in [4.78, 5) is 45.1. The van der Waals surface area contributed by atoms with Gasteiger partial charge in [0.1, 0.15) is 10.6 Å². The zero-order valence-corrected chi connectivity index (χ0v) is 21.5. The molecule has 190 valence electrons. The number of allylic oxidation sites excluding steroid dienone is 1. The number of aliphatic hydroxyl groups excluding tert-OH is 1. The third-order valence-corrected chi connectivity index (χ3v) is 6.77. The van der Waals surface area contributed by atoms with Gasteiger partial charge in [-0.25, -0.2) is 9.78 Å². The molecule has 1 aromatic heterocycles. The topological polar surface area (TPSA) is 106 Å². The molecule has 0 spiro atoms. The van der Waals surface area contributed by atoms with Gasteiger partial charge in [-0.3, -0.25) is 14.5 Å². The highest BCUT2D eigenvalue weighted by Gasteiger charge is 2.45. The van der Waals surface area contributed by atoms with Crippen molar-refractivity contribution in [1.82, 2.24) is 4.98 Å². The van der Waals surface area contributed by atoms with E-state index < -0.39 is 29.5 Å². The van der Waals surface area contributed by atoms with Crippen molar-refractivity contribution >= 4 is 40.2 Å². The molecule has 37 heavy (non-hydrogen) atoms. The van der Waals surface area contributed by atoms with Gasteiger partial charge in [0.25, 0.3) is 5.91 Å². The van der Waals surface area contributed by atoms with Crippen LogP contribution >= 0.6 is 11.3 Å². The van der Waals surface area contributed by atoms with Gasteiger partial charge < -0.3 is 14.6 Å². The van der Waals surface area contributed by atoms with Gasteiger partial charge in [-0.15, -0.1) is 0 Å². The zero-order valence-electron chi connectivity index (χ0n) is 20.6. The molecule has 0 saturated carbocycles. The monoisotopic (exact) mass is 518 g/mol. The van der Waals surface area contributed by atoms with E-state index in [9.17, 15) is 19.5 Å². The summed E-state index contributed by atoms with van der Waals surface area (Å²) < 4.78 is 10.7. The standard InChI is InChI=1S/C28H26N2O6S/c1-4-35-20-13-9-12-19(16-20)23-22(21(31)15-14-18-10-7-6-8-11-18)24(32)26(33)30(23)28-29-17(3)25(37-28)27(34)36-5-2/h6-16,23,32H,4-5H2,1-3H3/b15-14+. The maximum absolute atomic E-state index is 13.4. The molecule has 1 amide bonds. The maximum atomic E-state index is 13.4. The minimum Gasteiger partial charge on any atom is -0.503 e. The summed E-state index contributed by atoms with van der Waals surface area (Å²) in [5.41, 5.74) is 1.64. The smallest absolute Gasteiger partial charge is 0.350 e. The first-order valence-corrected chi connectivity index (χ1v) is 12.6. The minimum absolute atomic E-state index is 0.0867. The Kier molecular flexibility index (Phi) is 7.83. The lowest BCUT2D eigenvalue weighted by Gasteiger charge is -2.24. The molecule has 0 saturated heterocycles. The van der Waals surface area contributed by atoms with Gasteiger partial charge in [-0.2, -0.15) is 0 Å². The summed E-state index contributed by atoms with van der Waals surface area (Å²) in [6, 6.07) is 15.2. The zero-order chi connectivity index (χ0) is 26.5. The average molecular weight is 519 g/mol. The molecule has 4 rings (SSSR count). The number of hydrogen-bond acceptors (Lipinski definition) is 8. The quantitative estimate of drug-likeness (QED) is 0.306. The first kappa shape index (κ1) is 25.8. The summed E-state index contributed by atoms with van der Waals surface area (Å²) >= 11 is 0.969. The summed E-state index contributed by atoms with van der Waals surface area (Å²) in [5, 5.41) is 11.1. The van der Waals surface area contributed by atoms with Crippen LogP contribution in [-0.2, 0) is 14.3 Å². The molecule has 0 radical (unpaired) electrons. The molecule has 2 heterocycles. The lowest BCUT2D eigenvalue weighted by Crippen LogP contribution is -2.30. The van der Waals surface area contributed by atoms with E-state index in [2.05, 4.69) is 4.98 Å². The van der Waals surface area contributed by atoms with Crippen LogP contribution in [0.25, 0.3) is 6.08 Å². The van der Waals surface area contributed by atoms with Crippen molar-refractivity contribution in [3.05, 3.63) is 93.7 Å². The largest absolute Gasteiger partial charge is 0.503 e. The summed E-state index contributed by atoms with van der Waals surface area (Å²) in [6.45, 7) is 5.80. The van der Waals surface area contributed by atoms with Gasteiger partial charge in [0.05, 0.1) is 30.5 Å². The van der Waals surface area contributed by atoms with Crippen LogP contribution in [0.1, 0.15) is 46.4 Å². The van der Waals surface area contributed by atoms with Crippen LogP contribution in [0.5, 0.6) is 5.75 Å². The van der Waals surface area contributed by atoms with E-state index in [1.807, 2.05) is 37.3 Å². The molecule has 1 aliphatic heterocycles. The van der Waals surface area contributed by atoms with E-state index >= 15 is 0 Å². The number of ketones is 1. The van der Waals surface area contributed by atoms with Crippen LogP contribution < -0.4 is 9.64 Å². The SMILES string of the molecule is CCOC(=O)c1sc(N2C(=O)C(O)=C(C(=O)/C=C/c3ccccc3)C2c2cccc(OCC)c2)nc1C. The molecule has 1 unspecified atom stereocenters. The van der Waals surface area contributed by atoms with Crippen molar-refractivity contribution in [2.24, 2.45) is 0 Å². The number of aryl methyl sites for hydroxylation is 1. The molecule has 0 aliphatic carbocycles. The fourth-order valence-electron chi connectivity index (χ4n) is 4.01. The fourth-order valence-corrected chi connectivity index (χ4v) is 5.00. The number of rotatable bonds is 9. The number of nitrogens with zero attached hydrogens (tertiary/aromatic N) is 2. The predicted octanol–water partition coefficient (Wildman–Crippen LogP) is 5.21. The van der Waals surface area contributed by atoms with E-state index in [0.29, 0.717) is 23.6 Å². The second-order valence-corrected chi connectivity index (χ2v) is 9.06. The molecule has 2 aromatic carbocycles. The lowest BCUT2D eigenvalue weighted by atomic mass is 9.95. The minimum atomic E-state index is -0.985. The van der Waals surface area contributed by atoms with Gasteiger partial charge in [-0.1, -0.05) is 59.9 Å². The number of esters is 1. The number of carbonyl (C=O) groups is 3. The third kappa shape index (κ3) is 5.31. The molecule has 1 N–H and O–H groups in total. The Morgan fingerprint density at radius 3 is 2.57 bits per heavy atom. The number of benzene rings is 2. The Balaban J connectivity index is 1.80. The van der Waals surface area contributed by atoms with Crippen molar-refractivity contribution in [3.8, 4) is 5.75 Å². The van der Waals surface area contributed by atoms with Crippen LogP contribution in [0.3, 0.4) is 0 Å². The molecule has 3 aromatic rings. The molecular formula is C28H26N2O6S. The maximum Gasteiger partial charge on any atom is 0.350 e. The Morgan fingerprint density at radius 1 is 1.11 bits per heavy atom. The van der Waals surface area contributed by atoms with Crippen LogP contribution in [0, 0.1) is 6.92 Å². The number of aromatic nitrogens is 1. The number of thiazole rings is 1. The summed E-state index contributed by atoms with van der Waals surface area (Å²) in [7, 11) is 0. The molecule has 1 atom stereocenters. The van der Waals surface area contributed by atoms with Crippen molar-refractivity contribution in [1.29, 1.82) is 0 Å². The van der Waals surface area contributed by atoms with Gasteiger partial charge in [0.2, 0.25) is 0 Å². The first-order chi connectivity index (χ1) is 17.8. The number of hydrogen-bond donors (Lipinski definition) is 1. The van der Waals surface area contributed by atoms with E-state index in [1.54, 1.807) is 44.2 Å². The van der Waals surface area contributed by atoms with Gasteiger partial charge >= 0.3 is 5.97 Å². The van der Waals surface area contributed by atoms with Crippen molar-refractivity contribution in [2.45, 2.75) is 26.8 Å². The Morgan fingerprint density at radius 2 is 1.86 bits per heavy atom. The highest BCUT2D eigenvalue weighted by Crippen LogP contribution is 2.43. The molecular weight excluding hydrogens is 492 g/mol. The average Bonchev–Trinajstić information content (AvgIpc) is 3.40. The number of ether oxygens (including phenoxy) is 2. The first-order valence-electron chi connectivity index (χ1n) is 11.8. The van der Waals surface area contributed by atoms with E-state index in [4.69, 9.17) is 9.47 Å². The summed E-state index contributed by atoms with van der Waals surface area (Å²) in [5.74, 6) is -1.98.